The predicted molar refractivity (Wildman–Crippen MR) is 131 cm³/mol. The summed E-state index contributed by atoms with van der Waals surface area (Å²) >= 11 is 0. The fourth-order valence-electron chi connectivity index (χ4n) is 4.17. The van der Waals surface area contributed by atoms with Crippen LogP contribution in [0.1, 0.15) is 162 Å². The maximum Gasteiger partial charge on any atom is -0.0351 e. The highest BCUT2D eigenvalue weighted by atomic mass is 14.1. The monoisotopic (exact) mass is 392 g/mol. The zero-order valence-corrected chi connectivity index (χ0v) is 20.3. The van der Waals surface area contributed by atoms with Gasteiger partial charge >= 0.3 is 0 Å². The van der Waals surface area contributed by atoms with Crippen molar-refractivity contribution < 1.29 is 0 Å². The molecule has 0 aliphatic rings. The summed E-state index contributed by atoms with van der Waals surface area (Å²) < 4.78 is 0. The van der Waals surface area contributed by atoms with Gasteiger partial charge in [-0.05, 0) is 25.2 Å². The molecule has 1 unspecified atom stereocenters. The van der Waals surface area contributed by atoms with Crippen molar-refractivity contribution in [2.75, 3.05) is 0 Å². The highest BCUT2D eigenvalue weighted by Gasteiger charge is 2.02. The highest BCUT2D eigenvalue weighted by Crippen LogP contribution is 2.19. The third kappa shape index (κ3) is 23.8. The van der Waals surface area contributed by atoms with Crippen LogP contribution in [0.4, 0.5) is 0 Å². The van der Waals surface area contributed by atoms with Crippen LogP contribution in [0.3, 0.4) is 0 Å². The summed E-state index contributed by atoms with van der Waals surface area (Å²) in [5, 5.41) is 0. The Morgan fingerprint density at radius 1 is 0.429 bits per heavy atom. The van der Waals surface area contributed by atoms with Gasteiger partial charge in [-0.3, -0.25) is 0 Å². The maximum absolute atomic E-state index is 2.49. The van der Waals surface area contributed by atoms with Gasteiger partial charge in [0.25, 0.3) is 0 Å². The minimum Gasteiger partial charge on any atom is -0.0885 e. The number of rotatable bonds is 23. The fourth-order valence-corrected chi connectivity index (χ4v) is 4.17. The number of allylic oxidation sites excluding steroid dienone is 2. The van der Waals surface area contributed by atoms with Crippen molar-refractivity contribution in [3.05, 3.63) is 12.2 Å². The lowest BCUT2D eigenvalue weighted by Gasteiger charge is -2.11. The Bertz CT molecular complexity index is 290. The van der Waals surface area contributed by atoms with Gasteiger partial charge in [0.1, 0.15) is 0 Å². The van der Waals surface area contributed by atoms with Gasteiger partial charge in [-0.15, -0.1) is 0 Å². The van der Waals surface area contributed by atoms with Gasteiger partial charge in [-0.1, -0.05) is 155 Å². The molecule has 0 radical (unpaired) electrons. The van der Waals surface area contributed by atoms with Gasteiger partial charge in [0, 0.05) is 0 Å². The third-order valence-corrected chi connectivity index (χ3v) is 6.24. The van der Waals surface area contributed by atoms with Crippen LogP contribution < -0.4 is 0 Å². The number of unbranched alkanes of at least 4 members (excludes halogenated alkanes) is 17. The van der Waals surface area contributed by atoms with Crippen molar-refractivity contribution in [1.29, 1.82) is 0 Å². The zero-order valence-electron chi connectivity index (χ0n) is 20.3. The Kier molecular flexibility index (Phi) is 24.5. The topological polar surface area (TPSA) is 0 Å². The van der Waals surface area contributed by atoms with Crippen LogP contribution in [-0.4, -0.2) is 0 Å². The quantitative estimate of drug-likeness (QED) is 0.120. The molecule has 0 N–H and O–H groups in total. The van der Waals surface area contributed by atoms with Gasteiger partial charge in [0.15, 0.2) is 0 Å². The SMILES string of the molecule is CCCC=CCCCCCCCCCC(C)CCCCCCCCCCCC. The van der Waals surface area contributed by atoms with E-state index in [1.54, 1.807) is 0 Å². The maximum atomic E-state index is 2.49. The Hall–Kier alpha value is -0.260. The molecule has 0 amide bonds. The van der Waals surface area contributed by atoms with Crippen LogP contribution >= 0.6 is 0 Å². The first-order valence-electron chi connectivity index (χ1n) is 13.5. The molecule has 0 aliphatic carbocycles. The summed E-state index contributed by atoms with van der Waals surface area (Å²) in [6.07, 6.45) is 36.3. The van der Waals surface area contributed by atoms with E-state index < -0.39 is 0 Å². The average molecular weight is 393 g/mol. The molecule has 0 spiro atoms. The standard InChI is InChI=1S/C28H56/c1-4-6-8-10-12-14-16-17-19-21-23-25-27-28(3)26-24-22-20-18-15-13-11-9-7-5-2/h8,10,28H,4-7,9,11-27H2,1-3H3. The third-order valence-electron chi connectivity index (χ3n) is 6.24. The van der Waals surface area contributed by atoms with Gasteiger partial charge < -0.3 is 0 Å². The van der Waals surface area contributed by atoms with Crippen molar-refractivity contribution >= 4 is 0 Å². The minimum atomic E-state index is 0.962. The van der Waals surface area contributed by atoms with E-state index >= 15 is 0 Å². The lowest BCUT2D eigenvalue weighted by Crippen LogP contribution is -1.95. The smallest absolute Gasteiger partial charge is 0.0351 e. The summed E-state index contributed by atoms with van der Waals surface area (Å²) in [5.41, 5.74) is 0. The first kappa shape index (κ1) is 27.7. The van der Waals surface area contributed by atoms with E-state index in [-0.39, 0.29) is 0 Å². The molecule has 28 heavy (non-hydrogen) atoms. The summed E-state index contributed by atoms with van der Waals surface area (Å²) in [7, 11) is 0. The first-order chi connectivity index (χ1) is 13.8. The van der Waals surface area contributed by atoms with E-state index in [4.69, 9.17) is 0 Å². The molecule has 0 aliphatic heterocycles. The van der Waals surface area contributed by atoms with Gasteiger partial charge in [0.05, 0.1) is 0 Å². The summed E-state index contributed by atoms with van der Waals surface area (Å²) in [5.74, 6) is 0.962. The van der Waals surface area contributed by atoms with E-state index in [2.05, 4.69) is 32.9 Å². The van der Waals surface area contributed by atoms with E-state index in [0.29, 0.717) is 0 Å². The molecule has 0 aromatic heterocycles. The number of hydrogen-bond donors (Lipinski definition) is 0. The molecular formula is C28H56. The minimum absolute atomic E-state index is 0.962. The first-order valence-corrected chi connectivity index (χ1v) is 13.5. The Morgan fingerprint density at radius 3 is 1.29 bits per heavy atom. The normalized spacial score (nSPS) is 12.8. The van der Waals surface area contributed by atoms with Crippen molar-refractivity contribution in [2.24, 2.45) is 5.92 Å². The van der Waals surface area contributed by atoms with Crippen LogP contribution in [-0.2, 0) is 0 Å². The van der Waals surface area contributed by atoms with Crippen LogP contribution in [0.15, 0.2) is 12.2 Å². The van der Waals surface area contributed by atoms with Gasteiger partial charge in [-0.2, -0.15) is 0 Å². The molecule has 0 nitrogen and oxygen atoms in total. The van der Waals surface area contributed by atoms with Crippen LogP contribution in [0.25, 0.3) is 0 Å². The molecule has 1 atom stereocenters. The largest absolute Gasteiger partial charge is 0.0885 e. The average Bonchev–Trinajstić information content (AvgIpc) is 2.70. The Morgan fingerprint density at radius 2 is 0.821 bits per heavy atom. The molecule has 0 heteroatoms. The lowest BCUT2D eigenvalue weighted by molar-refractivity contribution is 0.430. The summed E-state index contributed by atoms with van der Waals surface area (Å²) in [6.45, 7) is 7.04. The zero-order chi connectivity index (χ0) is 20.5. The molecule has 168 valence electrons. The second-order valence-corrected chi connectivity index (χ2v) is 9.39. The molecule has 0 fully saturated rings. The molecular weight excluding hydrogens is 336 g/mol. The van der Waals surface area contributed by atoms with Gasteiger partial charge in [-0.25, -0.2) is 0 Å². The predicted octanol–water partition coefficient (Wildman–Crippen LogP) is 10.8. The lowest BCUT2D eigenvalue weighted by atomic mass is 9.95. The van der Waals surface area contributed by atoms with Crippen LogP contribution in [0.5, 0.6) is 0 Å². The molecule has 0 bridgehead atoms. The van der Waals surface area contributed by atoms with Crippen molar-refractivity contribution in [3.63, 3.8) is 0 Å². The van der Waals surface area contributed by atoms with Crippen LogP contribution in [0.2, 0.25) is 0 Å². The molecule has 0 saturated carbocycles. The van der Waals surface area contributed by atoms with E-state index in [0.717, 1.165) is 5.92 Å². The van der Waals surface area contributed by atoms with Crippen molar-refractivity contribution in [1.82, 2.24) is 0 Å². The van der Waals surface area contributed by atoms with E-state index in [1.807, 2.05) is 0 Å². The Labute approximate surface area is 180 Å². The van der Waals surface area contributed by atoms with Crippen molar-refractivity contribution in [3.8, 4) is 0 Å². The molecule has 0 heterocycles. The Balaban J connectivity index is 3.16. The molecule has 0 saturated heterocycles. The van der Waals surface area contributed by atoms with E-state index in [1.165, 1.54) is 141 Å². The second kappa shape index (κ2) is 24.8. The van der Waals surface area contributed by atoms with Gasteiger partial charge in [0.2, 0.25) is 0 Å². The van der Waals surface area contributed by atoms with Crippen LogP contribution in [0, 0.1) is 5.92 Å². The molecule has 0 aromatic carbocycles. The fraction of sp³-hybridized carbons (Fsp3) is 0.929. The van der Waals surface area contributed by atoms with Crippen molar-refractivity contribution in [2.45, 2.75) is 162 Å². The highest BCUT2D eigenvalue weighted by molar-refractivity contribution is 4.80. The second-order valence-electron chi connectivity index (χ2n) is 9.39. The summed E-state index contributed by atoms with van der Waals surface area (Å²) in [6, 6.07) is 0. The molecule has 0 rings (SSSR count). The molecule has 0 aromatic rings. The summed E-state index contributed by atoms with van der Waals surface area (Å²) in [4.78, 5) is 0. The number of hydrogen-bond acceptors (Lipinski definition) is 0. The van der Waals surface area contributed by atoms with E-state index in [9.17, 15) is 0 Å².